The highest BCUT2D eigenvalue weighted by molar-refractivity contribution is 6.30. The Morgan fingerprint density at radius 2 is 1.53 bits per heavy atom. The van der Waals surface area contributed by atoms with Gasteiger partial charge in [-0.15, -0.1) is 5.10 Å². The third-order valence-corrected chi connectivity index (χ3v) is 5.60. The number of piperazine rings is 1. The van der Waals surface area contributed by atoms with E-state index in [1.54, 1.807) is 67.7 Å². The first-order valence-electron chi connectivity index (χ1n) is 10.1. The molecule has 0 unspecified atom stereocenters. The van der Waals surface area contributed by atoms with E-state index in [2.05, 4.69) is 10.00 Å². The summed E-state index contributed by atoms with van der Waals surface area (Å²) in [5, 5.41) is 5.11. The summed E-state index contributed by atoms with van der Waals surface area (Å²) >= 11 is 5.95. The Morgan fingerprint density at radius 1 is 0.906 bits per heavy atom. The van der Waals surface area contributed by atoms with E-state index in [-0.39, 0.29) is 11.5 Å². The van der Waals surface area contributed by atoms with Gasteiger partial charge in [0, 0.05) is 48.9 Å². The first kappa shape index (κ1) is 21.7. The first-order chi connectivity index (χ1) is 15.5. The molecule has 1 aliphatic heterocycles. The molecular formula is C23H23ClN4O4. The van der Waals surface area contributed by atoms with Crippen molar-refractivity contribution in [3.05, 3.63) is 75.5 Å². The SMILES string of the molecule is COc1cc(OC)cc(C(=O)N2CCN(c3ccc(=O)n(-c4ccc(Cl)cc4)n3)CC2)c1. The number of hydrogen-bond acceptors (Lipinski definition) is 6. The van der Waals surface area contributed by atoms with Gasteiger partial charge in [0.25, 0.3) is 11.5 Å². The maximum atomic E-state index is 13.0. The lowest BCUT2D eigenvalue weighted by Gasteiger charge is -2.35. The maximum absolute atomic E-state index is 13.0. The lowest BCUT2D eigenvalue weighted by atomic mass is 10.1. The highest BCUT2D eigenvalue weighted by Gasteiger charge is 2.24. The van der Waals surface area contributed by atoms with Crippen molar-refractivity contribution in [3.63, 3.8) is 0 Å². The van der Waals surface area contributed by atoms with Crippen LogP contribution in [-0.2, 0) is 0 Å². The Labute approximate surface area is 190 Å². The number of ether oxygens (including phenoxy) is 2. The highest BCUT2D eigenvalue weighted by Crippen LogP contribution is 2.24. The van der Waals surface area contributed by atoms with Crippen molar-refractivity contribution in [2.24, 2.45) is 0 Å². The Kier molecular flexibility index (Phi) is 6.32. The van der Waals surface area contributed by atoms with Crippen molar-refractivity contribution < 1.29 is 14.3 Å². The van der Waals surface area contributed by atoms with Gasteiger partial charge in [-0.3, -0.25) is 9.59 Å². The van der Waals surface area contributed by atoms with Crippen molar-refractivity contribution in [1.82, 2.24) is 14.7 Å². The highest BCUT2D eigenvalue weighted by atomic mass is 35.5. The molecule has 2 aromatic carbocycles. The van der Waals surface area contributed by atoms with Gasteiger partial charge >= 0.3 is 0 Å². The summed E-state index contributed by atoms with van der Waals surface area (Å²) in [5.41, 5.74) is 0.933. The van der Waals surface area contributed by atoms with E-state index in [4.69, 9.17) is 21.1 Å². The molecule has 0 aliphatic carbocycles. The van der Waals surface area contributed by atoms with E-state index in [1.165, 1.54) is 10.7 Å². The summed E-state index contributed by atoms with van der Waals surface area (Å²) in [7, 11) is 3.11. The molecule has 2 heterocycles. The van der Waals surface area contributed by atoms with Gasteiger partial charge in [0.15, 0.2) is 0 Å². The lowest BCUT2D eigenvalue weighted by Crippen LogP contribution is -2.49. The van der Waals surface area contributed by atoms with Crippen LogP contribution in [0.4, 0.5) is 5.82 Å². The topological polar surface area (TPSA) is 76.9 Å². The average molecular weight is 455 g/mol. The van der Waals surface area contributed by atoms with Crippen molar-refractivity contribution >= 4 is 23.3 Å². The minimum atomic E-state index is -0.225. The van der Waals surface area contributed by atoms with Crippen molar-refractivity contribution in [2.45, 2.75) is 0 Å². The fourth-order valence-corrected chi connectivity index (χ4v) is 3.72. The molecule has 0 radical (unpaired) electrons. The summed E-state index contributed by atoms with van der Waals surface area (Å²) in [5.74, 6) is 1.73. The molecule has 0 N–H and O–H groups in total. The van der Waals surface area contributed by atoms with Crippen molar-refractivity contribution in [1.29, 1.82) is 0 Å². The standard InChI is InChI=1S/C23H23ClN4O4/c1-31-19-13-16(14-20(15-19)32-2)23(30)27-11-9-26(10-12-27)21-7-8-22(29)28(25-21)18-5-3-17(24)4-6-18/h3-8,13-15H,9-12H2,1-2H3. The third-order valence-electron chi connectivity index (χ3n) is 5.35. The van der Waals surface area contributed by atoms with Gasteiger partial charge in [-0.05, 0) is 42.5 Å². The number of amides is 1. The number of nitrogens with zero attached hydrogens (tertiary/aromatic N) is 4. The number of benzene rings is 2. The van der Waals surface area contributed by atoms with Crippen LogP contribution in [0.1, 0.15) is 10.4 Å². The molecule has 9 heteroatoms. The Bertz CT molecular complexity index is 1150. The van der Waals surface area contributed by atoms with Crippen LogP contribution in [0.25, 0.3) is 5.69 Å². The summed E-state index contributed by atoms with van der Waals surface area (Å²) in [6.45, 7) is 2.25. The number of rotatable bonds is 5. The van der Waals surface area contributed by atoms with E-state index in [0.717, 1.165) is 0 Å². The van der Waals surface area contributed by atoms with Crippen LogP contribution in [0.3, 0.4) is 0 Å². The molecule has 8 nitrogen and oxygen atoms in total. The molecule has 0 spiro atoms. The summed E-state index contributed by atoms with van der Waals surface area (Å²) in [6.07, 6.45) is 0. The molecule has 0 bridgehead atoms. The molecule has 32 heavy (non-hydrogen) atoms. The fourth-order valence-electron chi connectivity index (χ4n) is 3.59. The Morgan fingerprint density at radius 3 is 2.12 bits per heavy atom. The Hall–Kier alpha value is -3.52. The van der Waals surface area contributed by atoms with Gasteiger partial charge in [-0.2, -0.15) is 4.68 Å². The molecule has 1 saturated heterocycles. The van der Waals surface area contributed by atoms with Gasteiger partial charge in [0.05, 0.1) is 19.9 Å². The zero-order valence-electron chi connectivity index (χ0n) is 17.8. The van der Waals surface area contributed by atoms with Crippen LogP contribution < -0.4 is 19.9 Å². The Balaban J connectivity index is 1.48. The molecule has 166 valence electrons. The fraction of sp³-hybridized carbons (Fsp3) is 0.261. The number of anilines is 1. The number of hydrogen-bond donors (Lipinski definition) is 0. The van der Waals surface area contributed by atoms with Gasteiger partial charge in [-0.1, -0.05) is 11.6 Å². The maximum Gasteiger partial charge on any atom is 0.271 e. The monoisotopic (exact) mass is 454 g/mol. The zero-order valence-corrected chi connectivity index (χ0v) is 18.6. The number of halogens is 1. The van der Waals surface area contributed by atoms with Crippen molar-refractivity contribution in [3.8, 4) is 17.2 Å². The van der Waals surface area contributed by atoms with Gasteiger partial charge in [0.2, 0.25) is 0 Å². The zero-order chi connectivity index (χ0) is 22.7. The van der Waals surface area contributed by atoms with Crippen LogP contribution in [0.5, 0.6) is 11.5 Å². The molecule has 4 rings (SSSR count). The second-order valence-electron chi connectivity index (χ2n) is 7.30. The smallest absolute Gasteiger partial charge is 0.271 e. The third kappa shape index (κ3) is 4.55. The molecule has 3 aromatic rings. The average Bonchev–Trinajstić information content (AvgIpc) is 2.84. The van der Waals surface area contributed by atoms with Gasteiger partial charge in [-0.25, -0.2) is 0 Å². The van der Waals surface area contributed by atoms with Gasteiger partial charge < -0.3 is 19.3 Å². The second-order valence-corrected chi connectivity index (χ2v) is 7.74. The molecule has 1 aliphatic rings. The summed E-state index contributed by atoms with van der Waals surface area (Å²) in [4.78, 5) is 29.2. The largest absolute Gasteiger partial charge is 0.497 e. The molecule has 1 amide bonds. The van der Waals surface area contributed by atoms with Crippen LogP contribution in [0, 0.1) is 0 Å². The van der Waals surface area contributed by atoms with Crippen LogP contribution in [0.2, 0.25) is 5.02 Å². The number of methoxy groups -OCH3 is 2. The van der Waals surface area contributed by atoms with E-state index in [1.807, 2.05) is 0 Å². The predicted octanol–water partition coefficient (Wildman–Crippen LogP) is 2.87. The van der Waals surface area contributed by atoms with E-state index < -0.39 is 0 Å². The normalized spacial score (nSPS) is 13.7. The summed E-state index contributed by atoms with van der Waals surface area (Å²) < 4.78 is 11.9. The lowest BCUT2D eigenvalue weighted by molar-refractivity contribution is 0.0745. The minimum absolute atomic E-state index is 0.0825. The number of carbonyl (C=O) groups is 1. The van der Waals surface area contributed by atoms with E-state index in [0.29, 0.717) is 59.8 Å². The van der Waals surface area contributed by atoms with Crippen LogP contribution in [-0.4, -0.2) is 61.0 Å². The van der Waals surface area contributed by atoms with E-state index >= 15 is 0 Å². The quantitative estimate of drug-likeness (QED) is 0.590. The molecular weight excluding hydrogens is 432 g/mol. The van der Waals surface area contributed by atoms with E-state index in [9.17, 15) is 9.59 Å². The number of aromatic nitrogens is 2. The predicted molar refractivity (Wildman–Crippen MR) is 123 cm³/mol. The number of carbonyl (C=O) groups excluding carboxylic acids is 1. The van der Waals surface area contributed by atoms with Crippen LogP contribution >= 0.6 is 11.6 Å². The molecule has 1 fully saturated rings. The van der Waals surface area contributed by atoms with Crippen molar-refractivity contribution in [2.75, 3.05) is 45.3 Å². The molecule has 1 aromatic heterocycles. The second kappa shape index (κ2) is 9.32. The van der Waals surface area contributed by atoms with Gasteiger partial charge in [0.1, 0.15) is 17.3 Å². The van der Waals surface area contributed by atoms with Crippen LogP contribution in [0.15, 0.2) is 59.4 Å². The summed E-state index contributed by atoms with van der Waals surface area (Å²) in [6, 6.07) is 15.3. The minimum Gasteiger partial charge on any atom is -0.497 e. The molecule has 0 saturated carbocycles. The molecule has 0 atom stereocenters. The first-order valence-corrected chi connectivity index (χ1v) is 10.5.